The molecule has 0 amide bonds. The first kappa shape index (κ1) is 15.1. The van der Waals surface area contributed by atoms with Crippen molar-refractivity contribution in [1.82, 2.24) is 5.32 Å². The average molecular weight is 288 g/mol. The number of halogens is 1. The number of rotatable bonds is 6. The Hall–Kier alpha value is -2.27. The Kier molecular flexibility index (Phi) is 5.00. The maximum absolute atomic E-state index is 12.9. The van der Waals surface area contributed by atoms with Crippen molar-refractivity contribution in [2.45, 2.75) is 19.4 Å². The van der Waals surface area contributed by atoms with Crippen molar-refractivity contribution in [2.75, 3.05) is 6.54 Å². The number of para-hydroxylation sites is 1. The standard InChI is InChI=1S/C16H17FN2O2/c1-12(13-6-8-15(17)9-7-13)18-11-10-14-4-2-3-5-16(14)19(20)21/h2-9,12,18H,10-11H2,1H3. The number of hydrogen-bond acceptors (Lipinski definition) is 3. The van der Waals surface area contributed by atoms with Crippen molar-refractivity contribution in [3.05, 3.63) is 75.6 Å². The predicted molar refractivity (Wildman–Crippen MR) is 79.6 cm³/mol. The Labute approximate surface area is 122 Å². The van der Waals surface area contributed by atoms with E-state index in [4.69, 9.17) is 0 Å². The zero-order valence-electron chi connectivity index (χ0n) is 11.8. The molecule has 0 aliphatic rings. The summed E-state index contributed by atoms with van der Waals surface area (Å²) in [6.45, 7) is 2.59. The van der Waals surface area contributed by atoms with E-state index in [1.54, 1.807) is 30.3 Å². The fourth-order valence-electron chi connectivity index (χ4n) is 2.19. The molecule has 0 radical (unpaired) electrons. The van der Waals surface area contributed by atoms with Gasteiger partial charge in [0, 0.05) is 17.7 Å². The van der Waals surface area contributed by atoms with Gasteiger partial charge in [-0.2, -0.15) is 0 Å². The van der Waals surface area contributed by atoms with Crippen LogP contribution in [0.15, 0.2) is 48.5 Å². The van der Waals surface area contributed by atoms with Crippen LogP contribution in [0.2, 0.25) is 0 Å². The van der Waals surface area contributed by atoms with Crippen molar-refractivity contribution in [3.63, 3.8) is 0 Å². The van der Waals surface area contributed by atoms with E-state index >= 15 is 0 Å². The third-order valence-electron chi connectivity index (χ3n) is 3.40. The van der Waals surface area contributed by atoms with Gasteiger partial charge in [0.25, 0.3) is 5.69 Å². The molecule has 2 aromatic rings. The minimum absolute atomic E-state index is 0.0633. The predicted octanol–water partition coefficient (Wildman–Crippen LogP) is 3.63. The summed E-state index contributed by atoms with van der Waals surface area (Å²) in [5.74, 6) is -0.258. The van der Waals surface area contributed by atoms with E-state index in [1.165, 1.54) is 18.2 Å². The van der Waals surface area contributed by atoms with Crippen molar-refractivity contribution >= 4 is 5.69 Å². The number of nitro groups is 1. The molecule has 1 atom stereocenters. The SMILES string of the molecule is CC(NCCc1ccccc1[N+](=O)[O-])c1ccc(F)cc1. The number of nitro benzene ring substituents is 1. The average Bonchev–Trinajstić information content (AvgIpc) is 2.48. The monoisotopic (exact) mass is 288 g/mol. The molecular weight excluding hydrogens is 271 g/mol. The molecule has 2 aromatic carbocycles. The van der Waals surface area contributed by atoms with Crippen LogP contribution < -0.4 is 5.32 Å². The van der Waals surface area contributed by atoms with Gasteiger partial charge in [0.15, 0.2) is 0 Å². The topological polar surface area (TPSA) is 55.2 Å². The van der Waals surface area contributed by atoms with Gasteiger partial charge in [0.2, 0.25) is 0 Å². The molecule has 110 valence electrons. The van der Waals surface area contributed by atoms with Gasteiger partial charge in [-0.25, -0.2) is 4.39 Å². The van der Waals surface area contributed by atoms with Crippen LogP contribution in [0.1, 0.15) is 24.1 Å². The summed E-state index contributed by atoms with van der Waals surface area (Å²) in [4.78, 5) is 10.6. The van der Waals surface area contributed by atoms with Crippen molar-refractivity contribution in [2.24, 2.45) is 0 Å². The van der Waals surface area contributed by atoms with Crippen LogP contribution in [0.25, 0.3) is 0 Å². The quantitative estimate of drug-likeness (QED) is 0.652. The number of nitrogens with zero attached hydrogens (tertiary/aromatic N) is 1. The van der Waals surface area contributed by atoms with Crippen LogP contribution in [0.3, 0.4) is 0 Å². The van der Waals surface area contributed by atoms with Crippen LogP contribution in [0.5, 0.6) is 0 Å². The molecule has 1 unspecified atom stereocenters. The van der Waals surface area contributed by atoms with Gasteiger partial charge in [0.05, 0.1) is 4.92 Å². The highest BCUT2D eigenvalue weighted by Crippen LogP contribution is 2.18. The van der Waals surface area contributed by atoms with Crippen molar-refractivity contribution < 1.29 is 9.31 Å². The molecule has 21 heavy (non-hydrogen) atoms. The Bertz CT molecular complexity index is 614. The molecule has 5 heteroatoms. The third kappa shape index (κ3) is 4.10. The summed E-state index contributed by atoms with van der Waals surface area (Å²) in [5.41, 5.74) is 1.84. The highest BCUT2D eigenvalue weighted by Gasteiger charge is 2.12. The number of nitrogens with one attached hydrogen (secondary N) is 1. The minimum Gasteiger partial charge on any atom is -0.310 e. The Morgan fingerprint density at radius 1 is 1.19 bits per heavy atom. The fourth-order valence-corrected chi connectivity index (χ4v) is 2.19. The Morgan fingerprint density at radius 3 is 2.52 bits per heavy atom. The third-order valence-corrected chi connectivity index (χ3v) is 3.40. The summed E-state index contributed by atoms with van der Waals surface area (Å²) in [5, 5.41) is 14.2. The van der Waals surface area contributed by atoms with E-state index in [0.717, 1.165) is 5.56 Å². The zero-order valence-corrected chi connectivity index (χ0v) is 11.8. The molecule has 0 bridgehead atoms. The van der Waals surface area contributed by atoms with Crippen LogP contribution in [-0.4, -0.2) is 11.5 Å². The van der Waals surface area contributed by atoms with E-state index in [1.807, 2.05) is 6.92 Å². The van der Waals surface area contributed by atoms with Crippen molar-refractivity contribution in [3.8, 4) is 0 Å². The first-order chi connectivity index (χ1) is 10.1. The van der Waals surface area contributed by atoms with E-state index in [0.29, 0.717) is 18.5 Å². The first-order valence-electron chi connectivity index (χ1n) is 6.79. The van der Waals surface area contributed by atoms with Gasteiger partial charge in [-0.15, -0.1) is 0 Å². The molecule has 1 N–H and O–H groups in total. The van der Waals surface area contributed by atoms with Gasteiger partial charge in [-0.05, 0) is 37.6 Å². The Morgan fingerprint density at radius 2 is 1.86 bits per heavy atom. The lowest BCUT2D eigenvalue weighted by molar-refractivity contribution is -0.385. The molecule has 0 aliphatic carbocycles. The largest absolute Gasteiger partial charge is 0.310 e. The van der Waals surface area contributed by atoms with Gasteiger partial charge < -0.3 is 5.32 Å². The molecule has 4 nitrogen and oxygen atoms in total. The van der Waals surface area contributed by atoms with E-state index in [2.05, 4.69) is 5.32 Å². The van der Waals surface area contributed by atoms with Crippen LogP contribution in [-0.2, 0) is 6.42 Å². The summed E-state index contributed by atoms with van der Waals surface area (Å²) in [6, 6.07) is 13.1. The normalized spacial score (nSPS) is 12.1. The molecule has 0 saturated carbocycles. The van der Waals surface area contributed by atoms with Gasteiger partial charge in [0.1, 0.15) is 5.82 Å². The molecule has 2 rings (SSSR count). The first-order valence-corrected chi connectivity index (χ1v) is 6.79. The second-order valence-corrected chi connectivity index (χ2v) is 4.86. The lowest BCUT2D eigenvalue weighted by Gasteiger charge is -2.14. The molecular formula is C16H17FN2O2. The smallest absolute Gasteiger partial charge is 0.272 e. The van der Waals surface area contributed by atoms with Crippen LogP contribution in [0, 0.1) is 15.9 Å². The molecule has 0 spiro atoms. The maximum atomic E-state index is 12.9. The zero-order chi connectivity index (χ0) is 15.2. The Balaban J connectivity index is 1.92. The molecule has 0 fully saturated rings. The van der Waals surface area contributed by atoms with Gasteiger partial charge >= 0.3 is 0 Å². The molecule has 0 aromatic heterocycles. The lowest BCUT2D eigenvalue weighted by Crippen LogP contribution is -2.21. The number of hydrogen-bond donors (Lipinski definition) is 1. The summed E-state index contributed by atoms with van der Waals surface area (Å²) in [7, 11) is 0. The van der Waals surface area contributed by atoms with Crippen LogP contribution in [0.4, 0.5) is 10.1 Å². The van der Waals surface area contributed by atoms with Gasteiger partial charge in [-0.1, -0.05) is 30.3 Å². The fraction of sp³-hybridized carbons (Fsp3) is 0.250. The number of benzene rings is 2. The second-order valence-electron chi connectivity index (χ2n) is 4.86. The van der Waals surface area contributed by atoms with Crippen LogP contribution >= 0.6 is 0 Å². The van der Waals surface area contributed by atoms with Gasteiger partial charge in [-0.3, -0.25) is 10.1 Å². The van der Waals surface area contributed by atoms with E-state index in [-0.39, 0.29) is 22.5 Å². The second kappa shape index (κ2) is 6.95. The molecule has 0 aliphatic heterocycles. The highest BCUT2D eigenvalue weighted by molar-refractivity contribution is 5.39. The molecule has 0 heterocycles. The highest BCUT2D eigenvalue weighted by atomic mass is 19.1. The lowest BCUT2D eigenvalue weighted by atomic mass is 10.1. The summed E-state index contributed by atoms with van der Waals surface area (Å²) in [6.07, 6.45) is 0.572. The minimum atomic E-state index is -0.362. The summed E-state index contributed by atoms with van der Waals surface area (Å²) < 4.78 is 12.9. The molecule has 0 saturated heterocycles. The van der Waals surface area contributed by atoms with E-state index in [9.17, 15) is 14.5 Å². The summed E-state index contributed by atoms with van der Waals surface area (Å²) >= 11 is 0. The maximum Gasteiger partial charge on any atom is 0.272 e. The van der Waals surface area contributed by atoms with Crippen molar-refractivity contribution in [1.29, 1.82) is 0 Å². The van der Waals surface area contributed by atoms with E-state index < -0.39 is 0 Å².